The van der Waals surface area contributed by atoms with Crippen molar-refractivity contribution in [3.8, 4) is 11.4 Å². The van der Waals surface area contributed by atoms with Crippen molar-refractivity contribution in [2.45, 2.75) is 6.92 Å². The van der Waals surface area contributed by atoms with Gasteiger partial charge in [0.2, 0.25) is 0 Å². The number of aryl methyl sites for hydroxylation is 3. The van der Waals surface area contributed by atoms with Gasteiger partial charge in [-0.15, -0.1) is 0 Å². The van der Waals surface area contributed by atoms with E-state index >= 15 is 0 Å². The van der Waals surface area contributed by atoms with Crippen LogP contribution in [0.15, 0.2) is 40.4 Å². The molecule has 1 aliphatic rings. The van der Waals surface area contributed by atoms with Gasteiger partial charge >= 0.3 is 5.69 Å². The number of aliphatic imine (C=N–C) groups is 1. The molecule has 146 valence electrons. The van der Waals surface area contributed by atoms with Crippen LogP contribution in [0.5, 0.6) is 5.75 Å². The topological polar surface area (TPSA) is 79.2 Å². The molecule has 1 aromatic carbocycles. The first kappa shape index (κ1) is 17.4. The van der Waals surface area contributed by atoms with Crippen molar-refractivity contribution < 1.29 is 4.74 Å². The highest BCUT2D eigenvalue weighted by molar-refractivity contribution is 6.15. The Kier molecular flexibility index (Phi) is 3.70. The lowest BCUT2D eigenvalue weighted by atomic mass is 10.0. The molecule has 8 heteroatoms. The Hall–Kier alpha value is -3.68. The van der Waals surface area contributed by atoms with Gasteiger partial charge in [-0.2, -0.15) is 5.10 Å². The van der Waals surface area contributed by atoms with Gasteiger partial charge in [-0.05, 0) is 13.0 Å². The van der Waals surface area contributed by atoms with Gasteiger partial charge in [0.1, 0.15) is 5.75 Å². The van der Waals surface area contributed by atoms with Crippen molar-refractivity contribution in [3.63, 3.8) is 0 Å². The third kappa shape index (κ3) is 2.45. The maximum Gasteiger partial charge on any atom is 0.333 e. The molecule has 1 aliphatic heterocycles. The lowest BCUT2D eigenvalue weighted by Crippen LogP contribution is -2.21. The molecule has 3 aromatic heterocycles. The van der Waals surface area contributed by atoms with E-state index in [1.165, 1.54) is 0 Å². The minimum Gasteiger partial charge on any atom is -0.496 e. The number of methoxy groups -OCH3 is 1. The number of nitrogens with zero attached hydrogens (tertiary/aromatic N) is 6. The molecule has 0 unspecified atom stereocenters. The van der Waals surface area contributed by atoms with Crippen molar-refractivity contribution >= 4 is 33.7 Å². The second-order valence-corrected chi connectivity index (χ2v) is 7.17. The number of benzene rings is 1. The number of hydrogen-bond acceptors (Lipinski definition) is 5. The molecule has 0 aliphatic carbocycles. The van der Waals surface area contributed by atoms with Crippen molar-refractivity contribution in [2.24, 2.45) is 19.1 Å². The minimum absolute atomic E-state index is 0.135. The summed E-state index contributed by atoms with van der Waals surface area (Å²) in [4.78, 5) is 22.1. The fraction of sp³-hybridized carbons (Fsp3) is 0.238. The molecule has 0 spiro atoms. The van der Waals surface area contributed by atoms with Gasteiger partial charge in [-0.1, -0.05) is 6.08 Å². The fourth-order valence-corrected chi connectivity index (χ4v) is 3.98. The standard InChI is InChI=1S/C21H20N6O2/c1-12-18(11-25(2)24-12)27-20-15-7-14(13-5-6-22-9-13)19(29-4)8-16(15)23-10-17(20)26(3)21(27)28/h5,7-11H,6H2,1-4H3. The van der Waals surface area contributed by atoms with E-state index in [2.05, 4.69) is 21.2 Å². The summed E-state index contributed by atoms with van der Waals surface area (Å²) in [5.74, 6) is 0.728. The van der Waals surface area contributed by atoms with Gasteiger partial charge in [-0.3, -0.25) is 23.8 Å². The molecule has 0 amide bonds. The van der Waals surface area contributed by atoms with Crippen LogP contribution in [0.25, 0.3) is 33.2 Å². The van der Waals surface area contributed by atoms with Crippen LogP contribution in [0.4, 0.5) is 0 Å². The number of allylic oxidation sites excluding steroid dienone is 1. The molecular weight excluding hydrogens is 368 g/mol. The zero-order valence-corrected chi connectivity index (χ0v) is 16.7. The highest BCUT2D eigenvalue weighted by Gasteiger charge is 2.21. The molecule has 0 fully saturated rings. The molecule has 0 saturated carbocycles. The van der Waals surface area contributed by atoms with Gasteiger partial charge in [-0.25, -0.2) is 4.79 Å². The molecule has 0 bridgehead atoms. The average molecular weight is 388 g/mol. The third-order valence-corrected chi connectivity index (χ3v) is 5.39. The van der Waals surface area contributed by atoms with Crippen LogP contribution in [0.2, 0.25) is 0 Å². The minimum atomic E-state index is -0.135. The molecule has 0 atom stereocenters. The van der Waals surface area contributed by atoms with Crippen molar-refractivity contribution in [2.75, 3.05) is 13.7 Å². The maximum atomic E-state index is 13.2. The molecule has 8 nitrogen and oxygen atoms in total. The first-order valence-corrected chi connectivity index (χ1v) is 9.28. The van der Waals surface area contributed by atoms with E-state index in [4.69, 9.17) is 4.74 Å². The third-order valence-electron chi connectivity index (χ3n) is 5.39. The number of fused-ring (bicyclic) bond motifs is 3. The van der Waals surface area contributed by atoms with E-state index in [0.717, 1.165) is 50.2 Å². The number of hydrogen-bond donors (Lipinski definition) is 0. The second-order valence-electron chi connectivity index (χ2n) is 7.17. The number of imidazole rings is 1. The van der Waals surface area contributed by atoms with Gasteiger partial charge < -0.3 is 4.74 Å². The largest absolute Gasteiger partial charge is 0.496 e. The van der Waals surface area contributed by atoms with Crippen LogP contribution in [0.3, 0.4) is 0 Å². The Morgan fingerprint density at radius 1 is 1.21 bits per heavy atom. The van der Waals surface area contributed by atoms with E-state index in [0.29, 0.717) is 6.54 Å². The number of ether oxygens (including phenoxy) is 1. The zero-order valence-electron chi connectivity index (χ0n) is 16.7. The number of aromatic nitrogens is 5. The summed E-state index contributed by atoms with van der Waals surface area (Å²) in [6, 6.07) is 3.95. The summed E-state index contributed by atoms with van der Waals surface area (Å²) in [6.45, 7) is 2.56. The van der Waals surface area contributed by atoms with Crippen molar-refractivity contribution in [1.29, 1.82) is 0 Å². The number of rotatable bonds is 3. The van der Waals surface area contributed by atoms with Crippen molar-refractivity contribution in [1.82, 2.24) is 23.9 Å². The van der Waals surface area contributed by atoms with Gasteiger partial charge in [0.15, 0.2) is 0 Å². The molecule has 4 aromatic rings. The van der Waals surface area contributed by atoms with Crippen LogP contribution in [-0.4, -0.2) is 43.8 Å². The molecule has 0 saturated heterocycles. The normalized spacial score (nSPS) is 13.6. The summed E-state index contributed by atoms with van der Waals surface area (Å²) < 4.78 is 10.7. The zero-order chi connectivity index (χ0) is 20.3. The summed E-state index contributed by atoms with van der Waals surface area (Å²) >= 11 is 0. The molecular formula is C21H20N6O2. The van der Waals surface area contributed by atoms with Gasteiger partial charge in [0.25, 0.3) is 0 Å². The van der Waals surface area contributed by atoms with Crippen LogP contribution >= 0.6 is 0 Å². The summed E-state index contributed by atoms with van der Waals surface area (Å²) in [7, 11) is 5.26. The van der Waals surface area contributed by atoms with E-state index in [9.17, 15) is 4.79 Å². The lowest BCUT2D eigenvalue weighted by Gasteiger charge is -2.11. The Labute approximate surface area is 166 Å². The van der Waals surface area contributed by atoms with E-state index in [1.54, 1.807) is 34.2 Å². The number of pyridine rings is 1. The van der Waals surface area contributed by atoms with E-state index in [1.807, 2.05) is 38.5 Å². The maximum absolute atomic E-state index is 13.2. The second kappa shape index (κ2) is 6.16. The molecule has 0 N–H and O–H groups in total. The Morgan fingerprint density at radius 3 is 2.69 bits per heavy atom. The predicted molar refractivity (Wildman–Crippen MR) is 113 cm³/mol. The summed E-state index contributed by atoms with van der Waals surface area (Å²) in [5.41, 5.74) is 5.67. The monoisotopic (exact) mass is 388 g/mol. The average Bonchev–Trinajstić information content (AvgIpc) is 3.41. The van der Waals surface area contributed by atoms with Gasteiger partial charge in [0, 0.05) is 49.1 Å². The SMILES string of the molecule is COc1cc2ncc3c(c2cc1C1=CCN=C1)n(-c1cn(C)nc1C)c(=O)n3C. The molecule has 4 heterocycles. The first-order chi connectivity index (χ1) is 14.0. The predicted octanol–water partition coefficient (Wildman–Crippen LogP) is 2.40. The Morgan fingerprint density at radius 2 is 2.03 bits per heavy atom. The Bertz CT molecular complexity index is 1420. The quantitative estimate of drug-likeness (QED) is 0.540. The Balaban J connectivity index is 1.95. The molecule has 29 heavy (non-hydrogen) atoms. The summed E-state index contributed by atoms with van der Waals surface area (Å²) in [6.07, 6.45) is 7.50. The fourth-order valence-electron chi connectivity index (χ4n) is 3.98. The van der Waals surface area contributed by atoms with Gasteiger partial charge in [0.05, 0.1) is 47.8 Å². The lowest BCUT2D eigenvalue weighted by molar-refractivity contribution is 0.414. The summed E-state index contributed by atoms with van der Waals surface area (Å²) in [5, 5.41) is 5.29. The smallest absolute Gasteiger partial charge is 0.333 e. The van der Waals surface area contributed by atoms with Crippen LogP contribution < -0.4 is 10.4 Å². The van der Waals surface area contributed by atoms with E-state index < -0.39 is 0 Å². The highest BCUT2D eigenvalue weighted by atomic mass is 16.5. The van der Waals surface area contributed by atoms with Crippen LogP contribution in [0, 0.1) is 6.92 Å². The van der Waals surface area contributed by atoms with E-state index in [-0.39, 0.29) is 5.69 Å². The van der Waals surface area contributed by atoms with Crippen LogP contribution in [0.1, 0.15) is 11.3 Å². The van der Waals surface area contributed by atoms with Crippen molar-refractivity contribution in [3.05, 3.63) is 52.3 Å². The van der Waals surface area contributed by atoms with Crippen LogP contribution in [-0.2, 0) is 14.1 Å². The first-order valence-electron chi connectivity index (χ1n) is 9.28. The highest BCUT2D eigenvalue weighted by Crippen LogP contribution is 2.34. The molecule has 0 radical (unpaired) electrons. The molecule has 5 rings (SSSR count).